The molecule has 82 valence electrons. The van der Waals surface area contributed by atoms with Crippen LogP contribution in [0.4, 0.5) is 4.39 Å². The maximum absolute atomic E-state index is 13.1. The molecule has 0 aliphatic heterocycles. The van der Waals surface area contributed by atoms with Crippen LogP contribution >= 0.6 is 11.6 Å². The Balaban J connectivity index is 2.37. The first-order valence-corrected chi connectivity index (χ1v) is 4.93. The SMILES string of the molecule is OC(c1cncnc1)c1cc(F)cc(Cl)c1. The fraction of sp³-hybridized carbons (Fsp3) is 0.0909. The highest BCUT2D eigenvalue weighted by atomic mass is 35.5. The summed E-state index contributed by atoms with van der Waals surface area (Å²) < 4.78 is 13.1. The summed E-state index contributed by atoms with van der Waals surface area (Å²) in [6.45, 7) is 0. The molecule has 0 saturated carbocycles. The molecular formula is C11H8ClFN2O. The largest absolute Gasteiger partial charge is 0.384 e. The van der Waals surface area contributed by atoms with Crippen molar-refractivity contribution in [3.05, 3.63) is 58.9 Å². The molecule has 0 aliphatic carbocycles. The van der Waals surface area contributed by atoms with Crippen molar-refractivity contribution in [2.75, 3.05) is 0 Å². The van der Waals surface area contributed by atoms with Crippen LogP contribution in [0.2, 0.25) is 5.02 Å². The van der Waals surface area contributed by atoms with Gasteiger partial charge in [-0.2, -0.15) is 0 Å². The number of nitrogens with zero attached hydrogens (tertiary/aromatic N) is 2. The van der Waals surface area contributed by atoms with Gasteiger partial charge in [-0.15, -0.1) is 0 Å². The summed E-state index contributed by atoms with van der Waals surface area (Å²) in [5, 5.41) is 10.2. The van der Waals surface area contributed by atoms with Gasteiger partial charge in [0.05, 0.1) is 0 Å². The summed E-state index contributed by atoms with van der Waals surface area (Å²) in [4.78, 5) is 7.56. The van der Waals surface area contributed by atoms with Crippen LogP contribution in [-0.2, 0) is 0 Å². The number of halogens is 2. The van der Waals surface area contributed by atoms with Crippen LogP contribution in [-0.4, -0.2) is 15.1 Å². The highest BCUT2D eigenvalue weighted by Gasteiger charge is 2.12. The van der Waals surface area contributed by atoms with Crippen molar-refractivity contribution in [2.45, 2.75) is 6.10 Å². The Labute approximate surface area is 96.6 Å². The van der Waals surface area contributed by atoms with Crippen molar-refractivity contribution in [1.82, 2.24) is 9.97 Å². The van der Waals surface area contributed by atoms with E-state index in [0.717, 1.165) is 0 Å². The molecule has 2 rings (SSSR count). The Morgan fingerprint density at radius 2 is 1.81 bits per heavy atom. The Morgan fingerprint density at radius 3 is 2.44 bits per heavy atom. The van der Waals surface area contributed by atoms with E-state index in [0.29, 0.717) is 11.1 Å². The van der Waals surface area contributed by atoms with Gasteiger partial charge in [-0.25, -0.2) is 14.4 Å². The molecule has 0 aliphatic rings. The van der Waals surface area contributed by atoms with Gasteiger partial charge >= 0.3 is 0 Å². The average molecular weight is 239 g/mol. The van der Waals surface area contributed by atoms with Gasteiger partial charge in [0.2, 0.25) is 0 Å². The topological polar surface area (TPSA) is 46.0 Å². The second-order valence-corrected chi connectivity index (χ2v) is 3.71. The fourth-order valence-corrected chi connectivity index (χ4v) is 1.61. The first kappa shape index (κ1) is 11.0. The summed E-state index contributed by atoms with van der Waals surface area (Å²) in [7, 11) is 0. The molecule has 3 nitrogen and oxygen atoms in total. The van der Waals surface area contributed by atoms with Gasteiger partial charge in [0.25, 0.3) is 0 Å². The minimum absolute atomic E-state index is 0.242. The van der Waals surface area contributed by atoms with Gasteiger partial charge in [0.1, 0.15) is 18.2 Å². The van der Waals surface area contributed by atoms with Gasteiger partial charge in [-0.05, 0) is 23.8 Å². The minimum atomic E-state index is -0.977. The van der Waals surface area contributed by atoms with Gasteiger partial charge in [-0.1, -0.05) is 11.6 Å². The van der Waals surface area contributed by atoms with Crippen molar-refractivity contribution in [3.8, 4) is 0 Å². The van der Waals surface area contributed by atoms with Gasteiger partial charge in [-0.3, -0.25) is 0 Å². The lowest BCUT2D eigenvalue weighted by Gasteiger charge is -2.10. The van der Waals surface area contributed by atoms with Crippen molar-refractivity contribution >= 4 is 11.6 Å². The molecule has 1 aromatic heterocycles. The lowest BCUT2D eigenvalue weighted by atomic mass is 10.0. The number of rotatable bonds is 2. The Morgan fingerprint density at radius 1 is 1.12 bits per heavy atom. The molecule has 1 unspecified atom stereocenters. The van der Waals surface area contributed by atoms with Crippen LogP contribution in [0, 0.1) is 5.82 Å². The first-order chi connectivity index (χ1) is 7.66. The Bertz CT molecular complexity index is 472. The monoisotopic (exact) mass is 238 g/mol. The summed E-state index contributed by atoms with van der Waals surface area (Å²) in [6, 6.07) is 3.91. The highest BCUT2D eigenvalue weighted by Crippen LogP contribution is 2.24. The maximum atomic E-state index is 13.1. The normalized spacial score (nSPS) is 12.4. The summed E-state index contributed by atoms with van der Waals surface area (Å²) in [6.07, 6.45) is 3.32. The lowest BCUT2D eigenvalue weighted by Crippen LogP contribution is -2.01. The average Bonchev–Trinajstić information content (AvgIpc) is 2.28. The second-order valence-electron chi connectivity index (χ2n) is 3.28. The van der Waals surface area contributed by atoms with Crippen LogP contribution in [0.15, 0.2) is 36.9 Å². The molecule has 1 heterocycles. The van der Waals surface area contributed by atoms with Crippen LogP contribution in [0.5, 0.6) is 0 Å². The number of aliphatic hydroxyl groups is 1. The molecule has 1 atom stereocenters. The van der Waals surface area contributed by atoms with E-state index in [1.165, 1.54) is 36.9 Å². The third-order valence-corrected chi connectivity index (χ3v) is 2.32. The predicted molar refractivity (Wildman–Crippen MR) is 57.5 cm³/mol. The number of hydrogen-bond acceptors (Lipinski definition) is 3. The maximum Gasteiger partial charge on any atom is 0.125 e. The number of aliphatic hydroxyl groups excluding tert-OH is 1. The van der Waals surface area contributed by atoms with E-state index in [9.17, 15) is 9.50 Å². The second kappa shape index (κ2) is 4.55. The molecule has 0 radical (unpaired) electrons. The van der Waals surface area contributed by atoms with Gasteiger partial charge in [0.15, 0.2) is 0 Å². The highest BCUT2D eigenvalue weighted by molar-refractivity contribution is 6.30. The van der Waals surface area contributed by atoms with E-state index in [1.807, 2.05) is 0 Å². The molecule has 0 spiro atoms. The number of benzene rings is 1. The van der Waals surface area contributed by atoms with Crippen molar-refractivity contribution in [2.24, 2.45) is 0 Å². The van der Waals surface area contributed by atoms with E-state index < -0.39 is 11.9 Å². The third kappa shape index (κ3) is 2.35. The van der Waals surface area contributed by atoms with Gasteiger partial charge < -0.3 is 5.11 Å². The lowest BCUT2D eigenvalue weighted by molar-refractivity contribution is 0.219. The summed E-state index contributed by atoms with van der Waals surface area (Å²) in [5.74, 6) is -0.488. The summed E-state index contributed by atoms with van der Waals surface area (Å²) >= 11 is 5.70. The standard InChI is InChI=1S/C11H8ClFN2O/c12-9-1-7(2-10(13)3-9)11(16)8-4-14-6-15-5-8/h1-6,11,16H. The smallest absolute Gasteiger partial charge is 0.125 e. The van der Waals surface area contributed by atoms with Crippen LogP contribution in [0.25, 0.3) is 0 Å². The molecule has 1 aromatic carbocycles. The van der Waals surface area contributed by atoms with E-state index in [-0.39, 0.29) is 5.02 Å². The molecule has 0 amide bonds. The van der Waals surface area contributed by atoms with Crippen LogP contribution < -0.4 is 0 Å². The van der Waals surface area contributed by atoms with E-state index >= 15 is 0 Å². The van der Waals surface area contributed by atoms with Gasteiger partial charge in [0, 0.05) is 23.0 Å². The van der Waals surface area contributed by atoms with Crippen molar-refractivity contribution in [1.29, 1.82) is 0 Å². The Hall–Kier alpha value is -1.52. The Kier molecular flexibility index (Phi) is 3.12. The van der Waals surface area contributed by atoms with Crippen molar-refractivity contribution < 1.29 is 9.50 Å². The molecule has 0 fully saturated rings. The molecule has 0 saturated heterocycles. The number of aromatic nitrogens is 2. The first-order valence-electron chi connectivity index (χ1n) is 4.56. The zero-order chi connectivity index (χ0) is 11.5. The molecular weight excluding hydrogens is 231 g/mol. The quantitative estimate of drug-likeness (QED) is 0.874. The molecule has 16 heavy (non-hydrogen) atoms. The van der Waals surface area contributed by atoms with Crippen molar-refractivity contribution in [3.63, 3.8) is 0 Å². The molecule has 0 bridgehead atoms. The molecule has 1 N–H and O–H groups in total. The number of hydrogen-bond donors (Lipinski definition) is 1. The van der Waals surface area contributed by atoms with E-state index in [4.69, 9.17) is 11.6 Å². The summed E-state index contributed by atoms with van der Waals surface area (Å²) in [5.41, 5.74) is 0.865. The minimum Gasteiger partial charge on any atom is -0.384 e. The van der Waals surface area contributed by atoms with Crippen LogP contribution in [0.3, 0.4) is 0 Å². The third-order valence-electron chi connectivity index (χ3n) is 2.10. The zero-order valence-corrected chi connectivity index (χ0v) is 8.89. The van der Waals surface area contributed by atoms with E-state index in [1.54, 1.807) is 0 Å². The molecule has 2 aromatic rings. The molecule has 5 heteroatoms. The zero-order valence-electron chi connectivity index (χ0n) is 8.14. The van der Waals surface area contributed by atoms with E-state index in [2.05, 4.69) is 9.97 Å². The predicted octanol–water partition coefficient (Wildman–Crippen LogP) is 2.35. The fourth-order valence-electron chi connectivity index (χ4n) is 1.38. The van der Waals surface area contributed by atoms with Crippen LogP contribution in [0.1, 0.15) is 17.2 Å².